The van der Waals surface area contributed by atoms with E-state index < -0.39 is 58.0 Å². The van der Waals surface area contributed by atoms with Gasteiger partial charge in [-0.25, -0.2) is 4.98 Å². The lowest BCUT2D eigenvalue weighted by molar-refractivity contribution is -0.148. The molecule has 2 aromatic rings. The molecule has 4 unspecified atom stereocenters. The van der Waals surface area contributed by atoms with Crippen LogP contribution in [0.5, 0.6) is 5.75 Å². The number of phenolic OH excluding ortho intramolecular Hbond substituents is 1. The van der Waals surface area contributed by atoms with Crippen molar-refractivity contribution in [1.29, 1.82) is 0 Å². The molecule has 0 spiro atoms. The number of nitrogens with zero attached hydrogens (tertiary/aromatic N) is 3. The van der Waals surface area contributed by atoms with Crippen LogP contribution in [0.15, 0.2) is 53.1 Å². The summed E-state index contributed by atoms with van der Waals surface area (Å²) in [5, 5.41) is 48.6. The van der Waals surface area contributed by atoms with Crippen molar-refractivity contribution in [2.75, 3.05) is 38.4 Å². The van der Waals surface area contributed by atoms with E-state index in [4.69, 9.17) is 5.73 Å². The number of allylic oxidation sites excluding steroid dienone is 1. The van der Waals surface area contributed by atoms with Crippen molar-refractivity contribution >= 4 is 29.0 Å². The van der Waals surface area contributed by atoms with Gasteiger partial charge in [0, 0.05) is 49.6 Å². The molecule has 7 N–H and O–H groups in total. The van der Waals surface area contributed by atoms with E-state index >= 15 is 0 Å². The van der Waals surface area contributed by atoms with Gasteiger partial charge in [-0.05, 0) is 56.6 Å². The number of hydrogen-bond acceptors (Lipinski definition) is 11. The first-order chi connectivity index (χ1) is 19.3. The number of nitrogens with one attached hydrogen (secondary N) is 1. The third-order valence-electron chi connectivity index (χ3n) is 8.38. The minimum Gasteiger partial charge on any atom is -0.510 e. The van der Waals surface area contributed by atoms with Gasteiger partial charge in [-0.2, -0.15) is 0 Å². The third kappa shape index (κ3) is 4.13. The lowest BCUT2D eigenvalue weighted by atomic mass is 9.58. The number of hydrogen-bond donors (Lipinski definition) is 6. The second-order valence-electron chi connectivity index (χ2n) is 11.2. The van der Waals surface area contributed by atoms with Crippen LogP contribution in [0.3, 0.4) is 0 Å². The van der Waals surface area contributed by atoms with Crippen molar-refractivity contribution in [3.05, 3.63) is 69.8 Å². The van der Waals surface area contributed by atoms with E-state index in [1.165, 1.54) is 4.90 Å². The van der Waals surface area contributed by atoms with Crippen molar-refractivity contribution in [3.8, 4) is 5.75 Å². The molecule has 12 nitrogen and oxygen atoms in total. The van der Waals surface area contributed by atoms with Crippen molar-refractivity contribution in [1.82, 2.24) is 9.88 Å². The first kappa shape index (κ1) is 28.1. The smallest absolute Gasteiger partial charge is 0.255 e. The second kappa shape index (κ2) is 9.89. The Hall–Kier alpha value is -4.42. The SMILES string of the molecule is CN(C)c1cc(CNc2ccccn2)c(O)c2c1CC1CC3C(N(C)C)C(O)=C(C(N)=O)C(=O)C3(O)C(O)=C1C2=O. The average Bonchev–Trinajstić information content (AvgIpc) is 2.90. The number of Topliss-reactive ketones (excluding diaryl/α,β-unsaturated/α-hetero) is 2. The number of aromatic hydroxyl groups is 1. The summed E-state index contributed by atoms with van der Waals surface area (Å²) in [7, 11) is 6.81. The van der Waals surface area contributed by atoms with Gasteiger partial charge in [-0.3, -0.25) is 19.3 Å². The Balaban J connectivity index is 1.66. The lowest BCUT2D eigenvalue weighted by Crippen LogP contribution is -2.63. The monoisotopic (exact) mass is 563 g/mol. The highest BCUT2D eigenvalue weighted by molar-refractivity contribution is 6.25. The van der Waals surface area contributed by atoms with Crippen molar-refractivity contribution in [3.63, 3.8) is 0 Å². The Morgan fingerprint density at radius 3 is 2.46 bits per heavy atom. The zero-order valence-corrected chi connectivity index (χ0v) is 23.2. The van der Waals surface area contributed by atoms with Gasteiger partial charge in [0.15, 0.2) is 11.4 Å². The molecule has 1 heterocycles. The molecule has 0 bridgehead atoms. The number of aliphatic hydroxyl groups excluding tert-OH is 2. The van der Waals surface area contributed by atoms with Gasteiger partial charge in [0.1, 0.15) is 28.7 Å². The lowest BCUT2D eigenvalue weighted by Gasteiger charge is -2.50. The zero-order chi connectivity index (χ0) is 30.0. The fourth-order valence-corrected chi connectivity index (χ4v) is 6.54. The molecule has 0 fully saturated rings. The number of ketones is 2. The predicted octanol–water partition coefficient (Wildman–Crippen LogP) is 1.19. The summed E-state index contributed by atoms with van der Waals surface area (Å²) < 4.78 is 0. The number of anilines is 2. The van der Waals surface area contributed by atoms with Crippen LogP contribution < -0.4 is 16.0 Å². The topological polar surface area (TPSA) is 190 Å². The summed E-state index contributed by atoms with van der Waals surface area (Å²) in [4.78, 5) is 47.3. The van der Waals surface area contributed by atoms with E-state index in [9.17, 15) is 34.8 Å². The zero-order valence-electron chi connectivity index (χ0n) is 23.2. The van der Waals surface area contributed by atoms with Crippen molar-refractivity contribution in [2.45, 2.75) is 31.0 Å². The van der Waals surface area contributed by atoms with Gasteiger partial charge in [-0.1, -0.05) is 6.07 Å². The van der Waals surface area contributed by atoms with E-state index in [0.29, 0.717) is 22.6 Å². The van der Waals surface area contributed by atoms with E-state index in [1.807, 2.05) is 19.0 Å². The Bertz CT molecular complexity index is 1530. The van der Waals surface area contributed by atoms with E-state index in [-0.39, 0.29) is 36.3 Å². The minimum atomic E-state index is -2.68. The summed E-state index contributed by atoms with van der Waals surface area (Å²) in [6.07, 6.45) is 1.86. The molecule has 0 saturated carbocycles. The number of amides is 1. The fourth-order valence-electron chi connectivity index (χ4n) is 6.54. The Morgan fingerprint density at radius 1 is 1.17 bits per heavy atom. The van der Waals surface area contributed by atoms with Crippen molar-refractivity contribution in [2.24, 2.45) is 17.6 Å². The molecule has 12 heteroatoms. The molecule has 3 aliphatic carbocycles. The number of nitrogens with two attached hydrogens (primary N) is 1. The molecular formula is C29H33N5O7. The number of rotatable bonds is 6. The number of primary amides is 1. The molecule has 1 aromatic carbocycles. The number of aliphatic hydroxyl groups is 3. The van der Waals surface area contributed by atoms with Gasteiger partial charge >= 0.3 is 0 Å². The molecular weight excluding hydrogens is 530 g/mol. The summed E-state index contributed by atoms with van der Waals surface area (Å²) in [5.41, 5.74) is 3.31. The average molecular weight is 564 g/mol. The van der Waals surface area contributed by atoms with Crippen LogP contribution in [0.4, 0.5) is 11.5 Å². The summed E-state index contributed by atoms with van der Waals surface area (Å²) in [5.74, 6) is -6.18. The molecule has 216 valence electrons. The van der Waals surface area contributed by atoms with Gasteiger partial charge < -0.3 is 36.4 Å². The first-order valence-corrected chi connectivity index (χ1v) is 13.1. The van der Waals surface area contributed by atoms with Crippen LogP contribution in [-0.4, -0.2) is 87.6 Å². The van der Waals surface area contributed by atoms with Gasteiger partial charge in [0.05, 0.1) is 11.6 Å². The molecule has 0 radical (unpaired) electrons. The normalized spacial score (nSPS) is 25.6. The number of pyridine rings is 1. The van der Waals surface area contributed by atoms with Crippen LogP contribution in [0.25, 0.3) is 0 Å². The molecule has 0 saturated heterocycles. The number of likely N-dealkylation sites (N-methyl/N-ethyl adjacent to an activating group) is 1. The molecule has 4 atom stereocenters. The van der Waals surface area contributed by atoms with Gasteiger partial charge in [0.25, 0.3) is 5.91 Å². The van der Waals surface area contributed by atoms with Crippen LogP contribution in [0.1, 0.15) is 27.9 Å². The quantitative estimate of drug-likeness (QED) is 0.277. The molecule has 0 aliphatic heterocycles. The third-order valence-corrected chi connectivity index (χ3v) is 8.38. The molecule has 3 aliphatic rings. The van der Waals surface area contributed by atoms with Crippen LogP contribution in [0.2, 0.25) is 0 Å². The Labute approximate surface area is 236 Å². The Kier molecular flexibility index (Phi) is 6.79. The highest BCUT2D eigenvalue weighted by Gasteiger charge is 2.63. The molecule has 5 rings (SSSR count). The number of phenols is 1. The van der Waals surface area contributed by atoms with E-state index in [0.717, 1.165) is 0 Å². The maximum absolute atomic E-state index is 14.1. The highest BCUT2D eigenvalue weighted by Crippen LogP contribution is 2.53. The molecule has 1 amide bonds. The summed E-state index contributed by atoms with van der Waals surface area (Å²) in [6.45, 7) is 0.139. The second-order valence-corrected chi connectivity index (χ2v) is 11.2. The van der Waals surface area contributed by atoms with Crippen LogP contribution in [0, 0.1) is 11.8 Å². The highest BCUT2D eigenvalue weighted by atomic mass is 16.3. The fraction of sp³-hybridized carbons (Fsp3) is 0.379. The maximum Gasteiger partial charge on any atom is 0.255 e. The number of carbonyl (C=O) groups excluding carboxylic acids is 3. The van der Waals surface area contributed by atoms with Crippen molar-refractivity contribution < 1.29 is 34.8 Å². The van der Waals surface area contributed by atoms with Gasteiger partial charge in [0.2, 0.25) is 5.78 Å². The standard InChI is InChI=1S/C29H33N5O7/c1-33(2)17-11-14(12-32-18-7-5-6-8-31-18)23(35)20-15(17)9-13-10-16-22(34(3)4)25(37)21(28(30)40)27(39)29(16,41)26(38)19(13)24(20)36/h5-8,11,13,16,22,35,37-38,41H,9-10,12H2,1-4H3,(H2,30,40)(H,31,32). The minimum absolute atomic E-state index is 0.0301. The number of carbonyl (C=O) groups is 3. The molecule has 41 heavy (non-hydrogen) atoms. The number of benzene rings is 1. The van der Waals surface area contributed by atoms with E-state index in [2.05, 4.69) is 10.3 Å². The Morgan fingerprint density at radius 2 is 1.88 bits per heavy atom. The largest absolute Gasteiger partial charge is 0.510 e. The summed E-state index contributed by atoms with van der Waals surface area (Å²) in [6, 6.07) is 6.08. The first-order valence-electron chi connectivity index (χ1n) is 13.1. The number of aromatic nitrogens is 1. The summed E-state index contributed by atoms with van der Waals surface area (Å²) >= 11 is 0. The van der Waals surface area contributed by atoms with Crippen LogP contribution >= 0.6 is 0 Å². The maximum atomic E-state index is 14.1. The van der Waals surface area contributed by atoms with Crippen LogP contribution in [-0.2, 0) is 22.6 Å². The van der Waals surface area contributed by atoms with E-state index in [1.54, 1.807) is 44.6 Å². The van der Waals surface area contributed by atoms with Gasteiger partial charge in [-0.15, -0.1) is 0 Å². The number of fused-ring (bicyclic) bond motifs is 3. The molecule has 1 aromatic heterocycles. The predicted molar refractivity (Wildman–Crippen MR) is 150 cm³/mol.